The number of fused-ring (bicyclic) bond motifs is 2. The molecule has 0 aliphatic carbocycles. The first-order valence-electron chi connectivity index (χ1n) is 10.3. The number of nitrogens with zero attached hydrogens (tertiary/aromatic N) is 2. The van der Waals surface area contributed by atoms with Crippen LogP contribution in [0.1, 0.15) is 18.3 Å². The summed E-state index contributed by atoms with van der Waals surface area (Å²) in [5.74, 6) is 0.674. The largest absolute Gasteiger partial charge is 1.00 e. The fourth-order valence-corrected chi connectivity index (χ4v) is 3.24. The number of benzene rings is 2. The van der Waals surface area contributed by atoms with Crippen LogP contribution in [-0.4, -0.2) is 22.9 Å². The first-order chi connectivity index (χ1) is 15.2. The van der Waals surface area contributed by atoms with Gasteiger partial charge < -0.3 is 49.4 Å². The molecule has 0 spiro atoms. The van der Waals surface area contributed by atoms with Crippen LogP contribution in [0.5, 0.6) is 11.5 Å². The second kappa shape index (κ2) is 12.8. The van der Waals surface area contributed by atoms with E-state index in [4.69, 9.17) is 0 Å². The van der Waals surface area contributed by atoms with Gasteiger partial charge in [-0.25, -0.2) is 0 Å². The topological polar surface area (TPSA) is 100 Å². The molecule has 1 amide bonds. The van der Waals surface area contributed by atoms with E-state index in [-0.39, 0.29) is 24.0 Å². The van der Waals surface area contributed by atoms with Gasteiger partial charge in [0.25, 0.3) is 11.0 Å². The molecule has 3 N–H and O–H groups in total. The minimum atomic E-state index is -1.21. The van der Waals surface area contributed by atoms with Crippen molar-refractivity contribution in [2.24, 2.45) is 14.1 Å². The molecular formula is C25H30IN3O4. The van der Waals surface area contributed by atoms with Crippen LogP contribution in [0.4, 0.5) is 4.79 Å². The number of halogens is 1. The van der Waals surface area contributed by atoms with Crippen LogP contribution in [-0.2, 0) is 14.1 Å². The molecular weight excluding hydrogens is 533 g/mol. The smallest absolute Gasteiger partial charge is 0.254 e. The van der Waals surface area contributed by atoms with Crippen molar-refractivity contribution in [1.82, 2.24) is 5.32 Å². The van der Waals surface area contributed by atoms with Crippen LogP contribution in [0.15, 0.2) is 60.7 Å². The molecule has 7 nitrogen and oxygen atoms in total. The Balaban J connectivity index is 0.000000262. The average Bonchev–Trinajstić information content (AvgIpc) is 2.74. The number of amides is 1. The van der Waals surface area contributed by atoms with Gasteiger partial charge in [0.15, 0.2) is 22.9 Å². The maximum atomic E-state index is 9.66. The highest BCUT2D eigenvalue weighted by atomic mass is 127. The molecule has 33 heavy (non-hydrogen) atoms. The predicted molar refractivity (Wildman–Crippen MR) is 122 cm³/mol. The highest BCUT2D eigenvalue weighted by Gasteiger charge is 2.12. The zero-order valence-corrected chi connectivity index (χ0v) is 21.6. The van der Waals surface area contributed by atoms with Gasteiger partial charge in [0.05, 0.1) is 10.8 Å². The Kier molecular flexibility index (Phi) is 10.8. The quantitative estimate of drug-likeness (QED) is 0.211. The molecule has 0 saturated carbocycles. The van der Waals surface area contributed by atoms with E-state index in [0.29, 0.717) is 18.0 Å². The Hall–Kier alpha value is -3.14. The van der Waals surface area contributed by atoms with Crippen molar-refractivity contribution in [1.29, 1.82) is 0 Å². The SMILES string of the molecule is CCNC(=O)[O-].Cc1ccc2cccc(O)c2[n+]1C.Cc1ccc2cccc(O)c2[n+]1C.[I-]. The molecule has 0 aliphatic rings. The molecule has 0 atom stereocenters. The van der Waals surface area contributed by atoms with Crippen molar-refractivity contribution >= 4 is 27.9 Å². The molecule has 4 aromatic rings. The fourth-order valence-electron chi connectivity index (χ4n) is 3.24. The maximum absolute atomic E-state index is 9.66. The van der Waals surface area contributed by atoms with Crippen LogP contribution in [0.25, 0.3) is 21.8 Å². The Morgan fingerprint density at radius 3 is 1.52 bits per heavy atom. The number of phenols is 2. The second-order valence-electron chi connectivity index (χ2n) is 7.32. The van der Waals surface area contributed by atoms with Crippen LogP contribution in [0.2, 0.25) is 0 Å². The third-order valence-corrected chi connectivity index (χ3v) is 5.15. The summed E-state index contributed by atoms with van der Waals surface area (Å²) in [6.45, 7) is 6.15. The lowest BCUT2D eigenvalue weighted by atomic mass is 10.2. The third-order valence-electron chi connectivity index (χ3n) is 5.15. The van der Waals surface area contributed by atoms with Gasteiger partial charge in [-0.3, -0.25) is 0 Å². The minimum absolute atomic E-state index is 0. The number of nitrogens with one attached hydrogen (secondary N) is 1. The molecule has 2 heterocycles. The number of carboxylic acid groups (broad SMARTS) is 1. The lowest BCUT2D eigenvalue weighted by Crippen LogP contribution is -3.00. The number of carbonyl (C=O) groups is 1. The van der Waals surface area contributed by atoms with Gasteiger partial charge in [0.2, 0.25) is 0 Å². The van der Waals surface area contributed by atoms with E-state index in [1.54, 1.807) is 19.1 Å². The molecule has 2 aromatic carbocycles. The normalized spacial score (nSPS) is 9.73. The summed E-state index contributed by atoms with van der Waals surface area (Å²) in [4.78, 5) is 9.38. The monoisotopic (exact) mass is 563 g/mol. The first-order valence-corrected chi connectivity index (χ1v) is 10.3. The van der Waals surface area contributed by atoms with Crippen molar-refractivity contribution in [3.8, 4) is 11.5 Å². The Labute approximate surface area is 211 Å². The molecule has 176 valence electrons. The van der Waals surface area contributed by atoms with Gasteiger partial charge in [-0.05, 0) is 43.3 Å². The van der Waals surface area contributed by atoms with Crippen LogP contribution >= 0.6 is 0 Å². The summed E-state index contributed by atoms with van der Waals surface area (Å²) < 4.78 is 3.98. The summed E-state index contributed by atoms with van der Waals surface area (Å²) in [7, 11) is 3.91. The van der Waals surface area contributed by atoms with Crippen LogP contribution < -0.4 is 43.5 Å². The highest BCUT2D eigenvalue weighted by molar-refractivity contribution is 5.81. The molecule has 0 fully saturated rings. The molecule has 4 rings (SSSR count). The van der Waals surface area contributed by atoms with E-state index >= 15 is 0 Å². The number of phenolic OH excluding ortho intramolecular Hbond substituents is 2. The summed E-state index contributed by atoms with van der Waals surface area (Å²) in [6, 6.07) is 19.2. The first kappa shape index (κ1) is 27.9. The zero-order chi connectivity index (χ0) is 23.8. The number of para-hydroxylation sites is 2. The number of aromatic hydroxyl groups is 2. The second-order valence-corrected chi connectivity index (χ2v) is 7.32. The molecule has 0 radical (unpaired) electrons. The Morgan fingerprint density at radius 2 is 1.21 bits per heavy atom. The van der Waals surface area contributed by atoms with Gasteiger partial charge in [-0.1, -0.05) is 12.1 Å². The summed E-state index contributed by atoms with van der Waals surface area (Å²) >= 11 is 0. The number of aromatic nitrogens is 2. The average molecular weight is 563 g/mol. The van der Waals surface area contributed by atoms with Gasteiger partial charge in [-0.15, -0.1) is 0 Å². The van der Waals surface area contributed by atoms with E-state index in [1.807, 2.05) is 90.9 Å². The number of aryl methyl sites for hydroxylation is 4. The van der Waals surface area contributed by atoms with Gasteiger partial charge in [0.1, 0.15) is 20.2 Å². The summed E-state index contributed by atoms with van der Waals surface area (Å²) in [5, 5.41) is 32.8. The summed E-state index contributed by atoms with van der Waals surface area (Å²) in [6.07, 6.45) is -1.21. The third kappa shape index (κ3) is 7.18. The number of pyridine rings is 2. The van der Waals surface area contributed by atoms with Gasteiger partial charge in [0, 0.05) is 32.5 Å². The fraction of sp³-hybridized carbons (Fsp3) is 0.240. The maximum Gasteiger partial charge on any atom is 0.254 e. The van der Waals surface area contributed by atoms with E-state index in [2.05, 4.69) is 0 Å². The number of hydrogen-bond acceptors (Lipinski definition) is 4. The van der Waals surface area contributed by atoms with Crippen molar-refractivity contribution < 1.29 is 53.2 Å². The van der Waals surface area contributed by atoms with Crippen molar-refractivity contribution in [2.75, 3.05) is 6.54 Å². The Morgan fingerprint density at radius 1 is 0.818 bits per heavy atom. The standard InChI is InChI=1S/2C11H11NO.C3H7NO2.HI/c2*1-8-6-7-9-4-3-5-10(13)11(9)12(8)2;1-2-4-3(5)6;/h2*3-7H,1-2H3;4H,2H2,1H3,(H,5,6);1H. The van der Waals surface area contributed by atoms with Crippen LogP contribution in [0.3, 0.4) is 0 Å². The number of carbonyl (C=O) groups excluding carboxylic acids is 1. The predicted octanol–water partition coefficient (Wildman–Crippen LogP) is -0.700. The van der Waals surface area contributed by atoms with Gasteiger partial charge in [-0.2, -0.15) is 9.13 Å². The summed E-state index contributed by atoms with van der Waals surface area (Å²) in [5.41, 5.74) is 4.05. The lowest BCUT2D eigenvalue weighted by molar-refractivity contribution is -0.651. The zero-order valence-electron chi connectivity index (χ0n) is 19.5. The molecule has 0 saturated heterocycles. The van der Waals surface area contributed by atoms with Crippen molar-refractivity contribution in [3.63, 3.8) is 0 Å². The molecule has 0 unspecified atom stereocenters. The highest BCUT2D eigenvalue weighted by Crippen LogP contribution is 2.21. The molecule has 2 aromatic heterocycles. The minimum Gasteiger partial charge on any atom is -1.00 e. The number of rotatable bonds is 1. The van der Waals surface area contributed by atoms with Crippen molar-refractivity contribution in [3.05, 3.63) is 72.1 Å². The van der Waals surface area contributed by atoms with Crippen molar-refractivity contribution in [2.45, 2.75) is 20.8 Å². The molecule has 0 aliphatic heterocycles. The van der Waals surface area contributed by atoms with Crippen LogP contribution in [0, 0.1) is 13.8 Å². The van der Waals surface area contributed by atoms with E-state index in [9.17, 15) is 20.1 Å². The molecule has 8 heteroatoms. The van der Waals surface area contributed by atoms with E-state index < -0.39 is 6.09 Å². The number of hydrogen-bond donors (Lipinski definition) is 3. The Bertz CT molecular complexity index is 1160. The van der Waals surface area contributed by atoms with E-state index in [1.165, 1.54) is 0 Å². The van der Waals surface area contributed by atoms with E-state index in [0.717, 1.165) is 33.2 Å². The molecule has 0 bridgehead atoms. The van der Waals surface area contributed by atoms with Gasteiger partial charge >= 0.3 is 0 Å². The lowest BCUT2D eigenvalue weighted by Gasteiger charge is -2.00.